The van der Waals surface area contributed by atoms with Crippen LogP contribution in [0.1, 0.15) is 5.56 Å². The second-order valence-corrected chi connectivity index (χ2v) is 3.60. The smallest absolute Gasteiger partial charge is 0.282 e. The Balaban J connectivity index is 2.61. The van der Waals surface area contributed by atoms with E-state index >= 15 is 0 Å². The fraction of sp³-hybridized carbons (Fsp3) is 0.333. The molecule has 0 heterocycles. The molecule has 6 heteroatoms. The molecule has 0 radical (unpaired) electrons. The first-order chi connectivity index (χ1) is 8.60. The van der Waals surface area contributed by atoms with Gasteiger partial charge in [-0.2, -0.15) is 0 Å². The Morgan fingerprint density at radius 1 is 1.44 bits per heavy atom. The summed E-state index contributed by atoms with van der Waals surface area (Å²) in [4.78, 5) is 2.31. The van der Waals surface area contributed by atoms with Crippen LogP contribution in [0.2, 0.25) is 0 Å². The molecule has 0 fully saturated rings. The minimum absolute atomic E-state index is 0.0450. The lowest BCUT2D eigenvalue weighted by molar-refractivity contribution is -0.113. The van der Waals surface area contributed by atoms with Crippen molar-refractivity contribution in [2.45, 2.75) is 18.6 Å². The van der Waals surface area contributed by atoms with Gasteiger partial charge in [-0.3, -0.25) is 0 Å². The zero-order valence-electron chi connectivity index (χ0n) is 9.67. The number of benzene rings is 1. The molecule has 96 valence electrons. The third kappa shape index (κ3) is 4.16. The predicted molar refractivity (Wildman–Crippen MR) is 64.2 cm³/mol. The average Bonchev–Trinajstić information content (AvgIpc) is 2.38. The maximum atomic E-state index is 13.5. The van der Waals surface area contributed by atoms with Crippen molar-refractivity contribution in [2.24, 2.45) is 5.11 Å². The fourth-order valence-corrected chi connectivity index (χ4v) is 1.34. The number of alkyl halides is 2. The molecular formula is C12H13F2N3O. The summed E-state index contributed by atoms with van der Waals surface area (Å²) in [7, 11) is 0. The minimum Gasteiger partial charge on any atom is -0.363 e. The molecular weight excluding hydrogens is 240 g/mol. The van der Waals surface area contributed by atoms with Crippen LogP contribution in [0.4, 0.5) is 8.78 Å². The van der Waals surface area contributed by atoms with E-state index in [0.29, 0.717) is 0 Å². The molecule has 1 atom stereocenters. The van der Waals surface area contributed by atoms with E-state index < -0.39 is 18.6 Å². The fourth-order valence-electron chi connectivity index (χ4n) is 1.34. The molecule has 0 amide bonds. The van der Waals surface area contributed by atoms with E-state index in [0.717, 1.165) is 11.6 Å². The minimum atomic E-state index is -3.26. The van der Waals surface area contributed by atoms with Crippen LogP contribution in [0, 0.1) is 0 Å². The Morgan fingerprint density at radius 3 is 2.67 bits per heavy atom. The van der Waals surface area contributed by atoms with Crippen LogP contribution in [0.5, 0.6) is 0 Å². The zero-order valence-corrected chi connectivity index (χ0v) is 9.67. The number of halogens is 2. The Kier molecular flexibility index (Phi) is 5.30. The van der Waals surface area contributed by atoms with Gasteiger partial charge in [-0.05, 0) is 11.1 Å². The highest BCUT2D eigenvalue weighted by Gasteiger charge is 2.37. The number of ether oxygens (including phenoxy) is 1. The highest BCUT2D eigenvalue weighted by atomic mass is 19.3. The van der Waals surface area contributed by atoms with Crippen molar-refractivity contribution in [3.8, 4) is 0 Å². The topological polar surface area (TPSA) is 58.0 Å². The van der Waals surface area contributed by atoms with Crippen LogP contribution in [0.25, 0.3) is 10.4 Å². The SMILES string of the molecule is C=C[C@@H](OCc1ccccc1)C(F)(F)CN=[N+]=[N-]. The molecule has 18 heavy (non-hydrogen) atoms. The number of nitrogens with zero attached hydrogens (tertiary/aromatic N) is 3. The summed E-state index contributed by atoms with van der Waals surface area (Å²) in [5, 5.41) is 2.87. The molecule has 0 aliphatic rings. The summed E-state index contributed by atoms with van der Waals surface area (Å²) in [5.41, 5.74) is 8.83. The molecule has 0 aliphatic heterocycles. The van der Waals surface area contributed by atoms with Crippen molar-refractivity contribution in [1.82, 2.24) is 0 Å². The summed E-state index contributed by atoms with van der Waals surface area (Å²) < 4.78 is 32.1. The molecule has 1 aromatic carbocycles. The summed E-state index contributed by atoms with van der Waals surface area (Å²) in [6.45, 7) is 2.40. The van der Waals surface area contributed by atoms with Gasteiger partial charge in [0.25, 0.3) is 5.92 Å². The Bertz CT molecular complexity index is 430. The lowest BCUT2D eigenvalue weighted by Gasteiger charge is -2.22. The zero-order chi connectivity index (χ0) is 13.4. The van der Waals surface area contributed by atoms with E-state index in [1.54, 1.807) is 24.3 Å². The Morgan fingerprint density at radius 2 is 2.11 bits per heavy atom. The van der Waals surface area contributed by atoms with Crippen molar-refractivity contribution in [2.75, 3.05) is 6.54 Å². The summed E-state index contributed by atoms with van der Waals surface area (Å²) in [5.74, 6) is -3.26. The first kappa shape index (κ1) is 14.2. The highest BCUT2D eigenvalue weighted by molar-refractivity contribution is 5.13. The van der Waals surface area contributed by atoms with Crippen molar-refractivity contribution in [3.63, 3.8) is 0 Å². The second kappa shape index (κ2) is 6.74. The van der Waals surface area contributed by atoms with Gasteiger partial charge in [-0.25, -0.2) is 8.78 Å². The van der Waals surface area contributed by atoms with Gasteiger partial charge in [0, 0.05) is 4.91 Å². The summed E-state index contributed by atoms with van der Waals surface area (Å²) >= 11 is 0. The van der Waals surface area contributed by atoms with Crippen LogP contribution in [0.3, 0.4) is 0 Å². The highest BCUT2D eigenvalue weighted by Crippen LogP contribution is 2.24. The molecule has 0 saturated carbocycles. The summed E-state index contributed by atoms with van der Waals surface area (Å²) in [6, 6.07) is 8.95. The number of hydrogen-bond acceptors (Lipinski definition) is 2. The molecule has 0 bridgehead atoms. The van der Waals surface area contributed by atoms with E-state index in [2.05, 4.69) is 16.6 Å². The third-order valence-electron chi connectivity index (χ3n) is 2.25. The van der Waals surface area contributed by atoms with Crippen molar-refractivity contribution < 1.29 is 13.5 Å². The van der Waals surface area contributed by atoms with Gasteiger partial charge in [-0.1, -0.05) is 41.5 Å². The van der Waals surface area contributed by atoms with Gasteiger partial charge in [0.05, 0.1) is 13.2 Å². The van der Waals surface area contributed by atoms with Crippen LogP contribution in [-0.4, -0.2) is 18.6 Å². The average molecular weight is 253 g/mol. The normalized spacial score (nSPS) is 12.6. The van der Waals surface area contributed by atoms with Crippen molar-refractivity contribution >= 4 is 0 Å². The van der Waals surface area contributed by atoms with E-state index in [1.807, 2.05) is 6.07 Å². The second-order valence-electron chi connectivity index (χ2n) is 3.60. The van der Waals surface area contributed by atoms with Crippen LogP contribution in [-0.2, 0) is 11.3 Å². The van der Waals surface area contributed by atoms with E-state index in [1.165, 1.54) is 0 Å². The van der Waals surface area contributed by atoms with Crippen LogP contribution >= 0.6 is 0 Å². The molecule has 1 aromatic rings. The van der Waals surface area contributed by atoms with Crippen LogP contribution < -0.4 is 0 Å². The molecule has 0 unspecified atom stereocenters. The monoisotopic (exact) mass is 253 g/mol. The standard InChI is InChI=1S/C12H13F2N3O/c1-2-11(12(13,14)9-16-17-15)18-8-10-6-4-3-5-7-10/h2-7,11H,1,8-9H2/t11-/m1/s1. The van der Waals surface area contributed by atoms with E-state index in [4.69, 9.17) is 10.3 Å². The van der Waals surface area contributed by atoms with Gasteiger partial charge in [-0.15, -0.1) is 6.58 Å². The number of azide groups is 1. The lowest BCUT2D eigenvalue weighted by Crippen LogP contribution is -2.36. The van der Waals surface area contributed by atoms with Crippen molar-refractivity contribution in [1.29, 1.82) is 0 Å². The molecule has 0 aromatic heterocycles. The third-order valence-corrected chi connectivity index (χ3v) is 2.25. The van der Waals surface area contributed by atoms with Crippen LogP contribution in [0.15, 0.2) is 48.1 Å². The molecule has 0 aliphatic carbocycles. The molecule has 0 N–H and O–H groups in total. The quantitative estimate of drug-likeness (QED) is 0.316. The molecule has 0 saturated heterocycles. The Hall–Kier alpha value is -1.91. The molecule has 1 rings (SSSR count). The van der Waals surface area contributed by atoms with Gasteiger partial charge in [0.15, 0.2) is 0 Å². The van der Waals surface area contributed by atoms with E-state index in [-0.39, 0.29) is 6.61 Å². The predicted octanol–water partition coefficient (Wildman–Crippen LogP) is 3.70. The lowest BCUT2D eigenvalue weighted by atomic mass is 10.2. The number of rotatable bonds is 7. The molecule has 0 spiro atoms. The van der Waals surface area contributed by atoms with Gasteiger partial charge >= 0.3 is 0 Å². The summed E-state index contributed by atoms with van der Waals surface area (Å²) in [6.07, 6.45) is -0.473. The van der Waals surface area contributed by atoms with Gasteiger partial charge in [0.1, 0.15) is 6.10 Å². The Labute approximate surface area is 104 Å². The largest absolute Gasteiger partial charge is 0.363 e. The van der Waals surface area contributed by atoms with Gasteiger partial charge in [0.2, 0.25) is 0 Å². The van der Waals surface area contributed by atoms with E-state index in [9.17, 15) is 8.78 Å². The first-order valence-corrected chi connectivity index (χ1v) is 5.27. The maximum Gasteiger partial charge on any atom is 0.282 e. The molecule has 4 nitrogen and oxygen atoms in total. The number of hydrogen-bond donors (Lipinski definition) is 0. The van der Waals surface area contributed by atoms with Crippen molar-refractivity contribution in [3.05, 3.63) is 59.0 Å². The maximum absolute atomic E-state index is 13.5. The van der Waals surface area contributed by atoms with Gasteiger partial charge < -0.3 is 4.74 Å². The first-order valence-electron chi connectivity index (χ1n) is 5.27.